The van der Waals surface area contributed by atoms with Crippen molar-refractivity contribution in [1.82, 2.24) is 0 Å². The lowest BCUT2D eigenvalue weighted by Gasteiger charge is -2.23. The van der Waals surface area contributed by atoms with Crippen molar-refractivity contribution in [3.05, 3.63) is 27.7 Å². The standard InChI is InChI=1S/C10H13Cl2NO2S/c1-10(2,3)8-6(11)4-5-7(9(8)12)16(13,14)15/h4-5H,1-3H3,(H2,13,14,15). The van der Waals surface area contributed by atoms with Crippen LogP contribution in [0.15, 0.2) is 17.0 Å². The molecule has 0 fully saturated rings. The smallest absolute Gasteiger partial charge is 0.225 e. The van der Waals surface area contributed by atoms with Gasteiger partial charge in [0.2, 0.25) is 10.0 Å². The first-order valence-electron chi connectivity index (χ1n) is 4.56. The zero-order valence-corrected chi connectivity index (χ0v) is 11.5. The van der Waals surface area contributed by atoms with Crippen LogP contribution >= 0.6 is 23.2 Å². The first kappa shape index (κ1) is 13.8. The van der Waals surface area contributed by atoms with E-state index in [1.165, 1.54) is 12.1 Å². The number of primary sulfonamides is 1. The topological polar surface area (TPSA) is 60.2 Å². The molecule has 6 heteroatoms. The monoisotopic (exact) mass is 281 g/mol. The van der Waals surface area contributed by atoms with Gasteiger partial charge in [0.25, 0.3) is 0 Å². The van der Waals surface area contributed by atoms with Crippen molar-refractivity contribution in [1.29, 1.82) is 0 Å². The Bertz CT molecular complexity index is 518. The summed E-state index contributed by atoms with van der Waals surface area (Å²) in [4.78, 5) is -0.0940. The van der Waals surface area contributed by atoms with E-state index in [0.29, 0.717) is 10.6 Å². The van der Waals surface area contributed by atoms with Crippen LogP contribution in [0.2, 0.25) is 10.0 Å². The predicted molar refractivity (Wildman–Crippen MR) is 66.5 cm³/mol. The van der Waals surface area contributed by atoms with Crippen LogP contribution in [0.5, 0.6) is 0 Å². The second kappa shape index (κ2) is 4.18. The van der Waals surface area contributed by atoms with E-state index in [-0.39, 0.29) is 15.3 Å². The molecule has 0 aliphatic heterocycles. The van der Waals surface area contributed by atoms with Crippen LogP contribution in [0, 0.1) is 0 Å². The van der Waals surface area contributed by atoms with E-state index in [4.69, 9.17) is 28.3 Å². The number of sulfonamides is 1. The molecule has 0 aliphatic carbocycles. The summed E-state index contributed by atoms with van der Waals surface area (Å²) in [6.45, 7) is 5.69. The average molecular weight is 282 g/mol. The Morgan fingerprint density at radius 2 is 1.69 bits per heavy atom. The van der Waals surface area contributed by atoms with Gasteiger partial charge >= 0.3 is 0 Å². The Hall–Kier alpha value is -0.290. The highest BCUT2D eigenvalue weighted by Crippen LogP contribution is 2.38. The van der Waals surface area contributed by atoms with Crippen molar-refractivity contribution in [3.8, 4) is 0 Å². The second-order valence-corrected chi connectivity index (χ2v) is 6.84. The summed E-state index contributed by atoms with van der Waals surface area (Å²) in [6, 6.07) is 2.81. The minimum absolute atomic E-state index is 0.0940. The Morgan fingerprint density at radius 1 is 1.19 bits per heavy atom. The van der Waals surface area contributed by atoms with Crippen LogP contribution in [0.1, 0.15) is 26.3 Å². The fourth-order valence-electron chi connectivity index (χ4n) is 1.44. The zero-order valence-electron chi connectivity index (χ0n) is 9.21. The molecule has 0 heterocycles. The molecule has 0 bridgehead atoms. The third-order valence-electron chi connectivity index (χ3n) is 2.11. The van der Waals surface area contributed by atoms with Gasteiger partial charge in [0.1, 0.15) is 4.90 Å². The molecule has 1 rings (SSSR count). The lowest BCUT2D eigenvalue weighted by molar-refractivity contribution is 0.584. The van der Waals surface area contributed by atoms with Gasteiger partial charge in [0, 0.05) is 5.02 Å². The molecule has 1 aromatic rings. The number of rotatable bonds is 1. The maximum atomic E-state index is 11.3. The van der Waals surface area contributed by atoms with Crippen LogP contribution in [-0.4, -0.2) is 8.42 Å². The number of nitrogens with two attached hydrogens (primary N) is 1. The second-order valence-electron chi connectivity index (χ2n) is 4.53. The Labute approximate surface area is 106 Å². The first-order valence-corrected chi connectivity index (χ1v) is 6.86. The molecule has 16 heavy (non-hydrogen) atoms. The molecule has 0 aliphatic rings. The molecule has 2 N–H and O–H groups in total. The van der Waals surface area contributed by atoms with Crippen molar-refractivity contribution in [2.24, 2.45) is 5.14 Å². The van der Waals surface area contributed by atoms with Gasteiger partial charge in [-0.3, -0.25) is 0 Å². The molecule has 0 radical (unpaired) electrons. The van der Waals surface area contributed by atoms with Gasteiger partial charge in [-0.05, 0) is 23.1 Å². The highest BCUT2D eigenvalue weighted by molar-refractivity contribution is 7.89. The van der Waals surface area contributed by atoms with E-state index in [9.17, 15) is 8.42 Å². The minimum Gasteiger partial charge on any atom is -0.225 e. The van der Waals surface area contributed by atoms with Crippen molar-refractivity contribution < 1.29 is 8.42 Å². The summed E-state index contributed by atoms with van der Waals surface area (Å²) in [5, 5.41) is 5.60. The summed E-state index contributed by atoms with van der Waals surface area (Å²) in [5.74, 6) is 0. The normalized spacial score (nSPS) is 12.9. The van der Waals surface area contributed by atoms with Gasteiger partial charge < -0.3 is 0 Å². The quantitative estimate of drug-likeness (QED) is 0.860. The van der Waals surface area contributed by atoms with E-state index in [0.717, 1.165) is 0 Å². The third-order valence-corrected chi connectivity index (χ3v) is 3.89. The predicted octanol–water partition coefficient (Wildman–Crippen LogP) is 2.94. The molecule has 0 amide bonds. The van der Waals surface area contributed by atoms with Crippen molar-refractivity contribution in [3.63, 3.8) is 0 Å². The summed E-state index contributed by atoms with van der Waals surface area (Å²) >= 11 is 12.1. The molecule has 90 valence electrons. The number of halogens is 2. The average Bonchev–Trinajstić information content (AvgIpc) is 1.97. The van der Waals surface area contributed by atoms with Crippen molar-refractivity contribution in [2.45, 2.75) is 31.1 Å². The highest BCUT2D eigenvalue weighted by atomic mass is 35.5. The fourth-order valence-corrected chi connectivity index (χ4v) is 3.31. The van der Waals surface area contributed by atoms with E-state index in [1.807, 2.05) is 20.8 Å². The van der Waals surface area contributed by atoms with Crippen LogP contribution in [0.3, 0.4) is 0 Å². The summed E-state index contributed by atoms with van der Waals surface area (Å²) in [5.41, 5.74) is 0.233. The largest absolute Gasteiger partial charge is 0.239 e. The first-order chi connectivity index (χ1) is 7.05. The number of benzene rings is 1. The van der Waals surface area contributed by atoms with Crippen LogP contribution < -0.4 is 5.14 Å². The van der Waals surface area contributed by atoms with Gasteiger partial charge in [0.05, 0.1) is 5.02 Å². The van der Waals surface area contributed by atoms with Gasteiger partial charge in [-0.25, -0.2) is 13.6 Å². The van der Waals surface area contributed by atoms with Crippen LogP contribution in [-0.2, 0) is 15.4 Å². The van der Waals surface area contributed by atoms with Gasteiger partial charge in [0.15, 0.2) is 0 Å². The Morgan fingerprint density at radius 3 is 2.06 bits per heavy atom. The number of hydrogen-bond acceptors (Lipinski definition) is 2. The molecular formula is C10H13Cl2NO2S. The van der Waals surface area contributed by atoms with Gasteiger partial charge in [-0.15, -0.1) is 0 Å². The molecule has 0 spiro atoms. The van der Waals surface area contributed by atoms with E-state index < -0.39 is 10.0 Å². The van der Waals surface area contributed by atoms with E-state index >= 15 is 0 Å². The maximum absolute atomic E-state index is 11.3. The minimum atomic E-state index is -3.82. The SMILES string of the molecule is CC(C)(C)c1c(Cl)ccc(S(N)(=O)=O)c1Cl. The molecule has 0 unspecified atom stereocenters. The summed E-state index contributed by atoms with van der Waals surface area (Å²) in [7, 11) is -3.82. The van der Waals surface area contributed by atoms with Gasteiger partial charge in [-0.1, -0.05) is 44.0 Å². The fraction of sp³-hybridized carbons (Fsp3) is 0.400. The third kappa shape index (κ3) is 2.69. The molecule has 1 aromatic carbocycles. The van der Waals surface area contributed by atoms with Crippen LogP contribution in [0.25, 0.3) is 0 Å². The molecule has 3 nitrogen and oxygen atoms in total. The number of hydrogen-bond donors (Lipinski definition) is 1. The summed E-state index contributed by atoms with van der Waals surface area (Å²) in [6.07, 6.45) is 0. The lowest BCUT2D eigenvalue weighted by atomic mass is 9.87. The maximum Gasteiger partial charge on any atom is 0.239 e. The molecular weight excluding hydrogens is 269 g/mol. The van der Waals surface area contributed by atoms with Gasteiger partial charge in [-0.2, -0.15) is 0 Å². The van der Waals surface area contributed by atoms with Crippen LogP contribution in [0.4, 0.5) is 0 Å². The van der Waals surface area contributed by atoms with E-state index in [2.05, 4.69) is 0 Å². The Balaban J connectivity index is 3.65. The molecule has 0 aromatic heterocycles. The van der Waals surface area contributed by atoms with E-state index in [1.54, 1.807) is 0 Å². The molecule has 0 saturated heterocycles. The molecule has 0 atom stereocenters. The Kier molecular flexibility index (Phi) is 3.60. The molecule has 0 saturated carbocycles. The summed E-state index contributed by atoms with van der Waals surface area (Å²) < 4.78 is 22.6. The van der Waals surface area contributed by atoms with Crippen molar-refractivity contribution in [2.75, 3.05) is 0 Å². The lowest BCUT2D eigenvalue weighted by Crippen LogP contribution is -2.18. The zero-order chi connectivity index (χ0) is 12.7. The highest BCUT2D eigenvalue weighted by Gasteiger charge is 2.25. The van der Waals surface area contributed by atoms with Crippen molar-refractivity contribution >= 4 is 33.2 Å².